The van der Waals surface area contributed by atoms with E-state index in [0.717, 1.165) is 24.0 Å². The number of rotatable bonds is 3. The van der Waals surface area contributed by atoms with Crippen LogP contribution in [-0.2, 0) is 30.4 Å². The quantitative estimate of drug-likeness (QED) is 0.668. The minimum absolute atomic E-state index is 0.105. The molecule has 1 heterocycles. The highest BCUT2D eigenvalue weighted by Crippen LogP contribution is 2.37. The lowest BCUT2D eigenvalue weighted by molar-refractivity contribution is -0.171. The van der Waals surface area contributed by atoms with E-state index in [1.165, 1.54) is 6.08 Å². The molecule has 1 spiro atoms. The fourth-order valence-electron chi connectivity index (χ4n) is 2.92. The number of hydrogen-bond acceptors (Lipinski definition) is 6. The lowest BCUT2D eigenvalue weighted by atomic mass is 9.89. The van der Waals surface area contributed by atoms with Gasteiger partial charge in [0.25, 0.3) is 0 Å². The SMILES string of the molecule is O=C(C=C1CCC2(CC1)OCCO2)ONC(=O)OCc1ccccc1. The van der Waals surface area contributed by atoms with Crippen LogP contribution in [0.4, 0.5) is 4.79 Å². The number of allylic oxidation sites excluding steroid dienone is 1. The van der Waals surface area contributed by atoms with E-state index in [1.807, 2.05) is 35.8 Å². The molecule has 1 saturated heterocycles. The minimum atomic E-state index is -0.814. The zero-order valence-corrected chi connectivity index (χ0v) is 13.9. The Morgan fingerprint density at radius 2 is 1.80 bits per heavy atom. The third kappa shape index (κ3) is 5.04. The van der Waals surface area contributed by atoms with Crippen molar-refractivity contribution in [1.82, 2.24) is 5.48 Å². The number of hydrogen-bond donors (Lipinski definition) is 1. The summed E-state index contributed by atoms with van der Waals surface area (Å²) in [6, 6.07) is 9.23. The summed E-state index contributed by atoms with van der Waals surface area (Å²) in [5.74, 6) is -1.10. The van der Waals surface area contributed by atoms with E-state index in [2.05, 4.69) is 0 Å². The van der Waals surface area contributed by atoms with Crippen LogP contribution in [0.5, 0.6) is 0 Å². The first-order valence-corrected chi connectivity index (χ1v) is 8.30. The summed E-state index contributed by atoms with van der Waals surface area (Å²) in [6.45, 7) is 1.35. The van der Waals surface area contributed by atoms with Crippen LogP contribution in [0.2, 0.25) is 0 Å². The minimum Gasteiger partial charge on any atom is -0.443 e. The molecular weight excluding hydrogens is 326 g/mol. The van der Waals surface area contributed by atoms with Crippen LogP contribution in [0.3, 0.4) is 0 Å². The highest BCUT2D eigenvalue weighted by Gasteiger charge is 2.38. The van der Waals surface area contributed by atoms with Crippen molar-refractivity contribution in [2.45, 2.75) is 38.1 Å². The van der Waals surface area contributed by atoms with Crippen LogP contribution >= 0.6 is 0 Å². The third-order valence-corrected chi connectivity index (χ3v) is 4.24. The first-order chi connectivity index (χ1) is 12.2. The Kier molecular flexibility index (Phi) is 5.67. The molecule has 1 amide bonds. The zero-order chi connectivity index (χ0) is 17.5. The molecule has 2 fully saturated rings. The van der Waals surface area contributed by atoms with Gasteiger partial charge in [-0.2, -0.15) is 0 Å². The van der Waals surface area contributed by atoms with Gasteiger partial charge in [0.15, 0.2) is 5.79 Å². The predicted octanol–water partition coefficient (Wildman–Crippen LogP) is 2.61. The van der Waals surface area contributed by atoms with E-state index < -0.39 is 17.8 Å². The fourth-order valence-corrected chi connectivity index (χ4v) is 2.92. The maximum absolute atomic E-state index is 11.8. The molecule has 1 aliphatic carbocycles. The number of ether oxygens (including phenoxy) is 3. The first kappa shape index (κ1) is 17.4. The largest absolute Gasteiger partial charge is 0.443 e. The van der Waals surface area contributed by atoms with E-state index in [9.17, 15) is 9.59 Å². The first-order valence-electron chi connectivity index (χ1n) is 8.30. The highest BCUT2D eigenvalue weighted by molar-refractivity contribution is 5.83. The van der Waals surface area contributed by atoms with Crippen molar-refractivity contribution in [3.8, 4) is 0 Å². The topological polar surface area (TPSA) is 83.1 Å². The van der Waals surface area contributed by atoms with Crippen LogP contribution in [0.25, 0.3) is 0 Å². The molecular formula is C18H21NO6. The summed E-state index contributed by atoms with van der Waals surface area (Å²) in [7, 11) is 0. The Bertz CT molecular complexity index is 624. The monoisotopic (exact) mass is 347 g/mol. The maximum Gasteiger partial charge on any atom is 0.441 e. The van der Waals surface area contributed by atoms with Crippen molar-refractivity contribution in [1.29, 1.82) is 0 Å². The predicted molar refractivity (Wildman–Crippen MR) is 87.0 cm³/mol. The molecule has 1 saturated carbocycles. The Morgan fingerprint density at radius 1 is 1.12 bits per heavy atom. The molecule has 0 radical (unpaired) electrons. The molecule has 0 atom stereocenters. The molecule has 7 heteroatoms. The van der Waals surface area contributed by atoms with Crippen LogP contribution < -0.4 is 5.48 Å². The molecule has 3 rings (SSSR count). The number of carbonyl (C=O) groups is 2. The summed E-state index contributed by atoms with van der Waals surface area (Å²) < 4.78 is 16.2. The third-order valence-electron chi connectivity index (χ3n) is 4.24. The van der Waals surface area contributed by atoms with E-state index in [-0.39, 0.29) is 6.61 Å². The smallest absolute Gasteiger partial charge is 0.441 e. The summed E-state index contributed by atoms with van der Waals surface area (Å²) in [6.07, 6.45) is 3.43. The lowest BCUT2D eigenvalue weighted by Crippen LogP contribution is -2.33. The summed E-state index contributed by atoms with van der Waals surface area (Å²) in [5, 5.41) is 0. The molecule has 1 aliphatic heterocycles. The van der Waals surface area contributed by atoms with E-state index >= 15 is 0 Å². The van der Waals surface area contributed by atoms with Gasteiger partial charge >= 0.3 is 12.1 Å². The standard InChI is InChI=1S/C18H21NO6/c20-16(12-14-6-8-18(9-7-14)23-10-11-24-18)25-19-17(21)22-13-15-4-2-1-3-5-15/h1-5,12H,6-11,13H2,(H,19,21). The number of hydroxylamine groups is 1. The van der Waals surface area contributed by atoms with Crippen LogP contribution in [0.1, 0.15) is 31.2 Å². The molecule has 134 valence electrons. The van der Waals surface area contributed by atoms with E-state index in [0.29, 0.717) is 26.1 Å². The molecule has 1 N–H and O–H groups in total. The van der Waals surface area contributed by atoms with Crippen molar-refractivity contribution in [2.75, 3.05) is 13.2 Å². The summed E-state index contributed by atoms with van der Waals surface area (Å²) in [4.78, 5) is 28.0. The van der Waals surface area contributed by atoms with Gasteiger partial charge in [-0.25, -0.2) is 9.59 Å². The molecule has 0 aromatic heterocycles. The molecule has 1 aromatic rings. The van der Waals surface area contributed by atoms with Gasteiger partial charge in [-0.05, 0) is 18.4 Å². The summed E-state index contributed by atoms with van der Waals surface area (Å²) >= 11 is 0. The van der Waals surface area contributed by atoms with Crippen molar-refractivity contribution in [3.63, 3.8) is 0 Å². The van der Waals surface area contributed by atoms with Crippen LogP contribution in [0, 0.1) is 0 Å². The Hall–Kier alpha value is -2.38. The van der Waals surface area contributed by atoms with Gasteiger partial charge in [-0.15, -0.1) is 5.48 Å². The number of nitrogens with one attached hydrogen (secondary N) is 1. The van der Waals surface area contributed by atoms with Gasteiger partial charge in [0.2, 0.25) is 0 Å². The van der Waals surface area contributed by atoms with Gasteiger partial charge in [0.1, 0.15) is 6.61 Å². The van der Waals surface area contributed by atoms with Crippen molar-refractivity contribution >= 4 is 12.1 Å². The van der Waals surface area contributed by atoms with Crippen molar-refractivity contribution in [2.24, 2.45) is 0 Å². The second-order valence-electron chi connectivity index (χ2n) is 6.00. The lowest BCUT2D eigenvalue weighted by Gasteiger charge is -2.32. The molecule has 7 nitrogen and oxygen atoms in total. The van der Waals surface area contributed by atoms with Gasteiger partial charge in [-0.3, -0.25) is 0 Å². The van der Waals surface area contributed by atoms with Crippen LogP contribution in [-0.4, -0.2) is 31.1 Å². The average molecular weight is 347 g/mol. The van der Waals surface area contributed by atoms with E-state index in [4.69, 9.17) is 19.0 Å². The number of amides is 1. The van der Waals surface area contributed by atoms with Crippen molar-refractivity contribution in [3.05, 3.63) is 47.5 Å². The number of carbonyl (C=O) groups excluding carboxylic acids is 2. The second-order valence-corrected chi connectivity index (χ2v) is 6.00. The maximum atomic E-state index is 11.8. The molecule has 1 aromatic carbocycles. The molecule has 0 unspecified atom stereocenters. The van der Waals surface area contributed by atoms with Crippen molar-refractivity contribution < 1.29 is 28.6 Å². The Balaban J connectivity index is 1.37. The van der Waals surface area contributed by atoms with Gasteiger partial charge in [0, 0.05) is 18.9 Å². The Labute approximate surface area is 145 Å². The average Bonchev–Trinajstić information content (AvgIpc) is 3.09. The second kappa shape index (κ2) is 8.13. The van der Waals surface area contributed by atoms with Gasteiger partial charge < -0.3 is 19.0 Å². The van der Waals surface area contributed by atoms with Gasteiger partial charge in [0.05, 0.1) is 13.2 Å². The number of benzene rings is 1. The van der Waals surface area contributed by atoms with E-state index in [1.54, 1.807) is 0 Å². The summed E-state index contributed by atoms with van der Waals surface area (Å²) in [5.41, 5.74) is 3.79. The highest BCUT2D eigenvalue weighted by atomic mass is 16.7. The van der Waals surface area contributed by atoms with Gasteiger partial charge in [-0.1, -0.05) is 35.9 Å². The molecule has 2 aliphatic rings. The normalized spacial score (nSPS) is 18.6. The molecule has 0 bridgehead atoms. The fraction of sp³-hybridized carbons (Fsp3) is 0.444. The zero-order valence-electron chi connectivity index (χ0n) is 13.9. The molecule has 25 heavy (non-hydrogen) atoms. The van der Waals surface area contributed by atoms with Crippen LogP contribution in [0.15, 0.2) is 42.0 Å². The Morgan fingerprint density at radius 3 is 2.48 bits per heavy atom.